The molecule has 0 radical (unpaired) electrons. The first-order chi connectivity index (χ1) is 9.30. The molecule has 0 saturated heterocycles. The van der Waals surface area contributed by atoms with E-state index < -0.39 is 21.5 Å². The first-order valence-electron chi connectivity index (χ1n) is 6.77. The van der Waals surface area contributed by atoms with E-state index in [1.165, 1.54) is 0 Å². The summed E-state index contributed by atoms with van der Waals surface area (Å²) in [5.74, 6) is 0.767. The second-order valence-corrected chi connectivity index (χ2v) is 7.83. The molecule has 5 nitrogen and oxygen atoms in total. The van der Waals surface area contributed by atoms with Crippen molar-refractivity contribution in [3.63, 3.8) is 0 Å². The SMILES string of the molecule is CC1(C)C(O)CC1NS(=O)(=O)c1ccc2c(c1)CCO2. The van der Waals surface area contributed by atoms with Crippen LogP contribution in [0, 0.1) is 5.41 Å². The summed E-state index contributed by atoms with van der Waals surface area (Å²) in [5, 5.41) is 9.69. The van der Waals surface area contributed by atoms with Crippen molar-refractivity contribution < 1.29 is 18.3 Å². The molecule has 0 bridgehead atoms. The van der Waals surface area contributed by atoms with E-state index in [1.807, 2.05) is 13.8 Å². The third-order valence-electron chi connectivity index (χ3n) is 4.48. The Morgan fingerprint density at radius 2 is 2.15 bits per heavy atom. The Morgan fingerprint density at radius 1 is 1.40 bits per heavy atom. The van der Waals surface area contributed by atoms with Crippen LogP contribution < -0.4 is 9.46 Å². The second-order valence-electron chi connectivity index (χ2n) is 6.11. The van der Waals surface area contributed by atoms with E-state index in [2.05, 4.69) is 4.72 Å². The predicted octanol–water partition coefficient (Wildman–Crippen LogP) is 1.06. The topological polar surface area (TPSA) is 75.6 Å². The van der Waals surface area contributed by atoms with Crippen molar-refractivity contribution in [2.24, 2.45) is 5.41 Å². The summed E-state index contributed by atoms with van der Waals surface area (Å²) >= 11 is 0. The molecule has 3 rings (SSSR count). The highest BCUT2D eigenvalue weighted by molar-refractivity contribution is 7.89. The van der Waals surface area contributed by atoms with Crippen LogP contribution in [0.4, 0.5) is 0 Å². The summed E-state index contributed by atoms with van der Waals surface area (Å²) in [7, 11) is -3.55. The zero-order chi connectivity index (χ0) is 14.5. The fourth-order valence-electron chi connectivity index (χ4n) is 2.69. The van der Waals surface area contributed by atoms with Gasteiger partial charge < -0.3 is 9.84 Å². The van der Waals surface area contributed by atoms with Gasteiger partial charge in [-0.15, -0.1) is 0 Å². The van der Waals surface area contributed by atoms with Gasteiger partial charge in [-0.1, -0.05) is 13.8 Å². The van der Waals surface area contributed by atoms with E-state index in [9.17, 15) is 13.5 Å². The fourth-order valence-corrected chi connectivity index (χ4v) is 4.14. The van der Waals surface area contributed by atoms with Crippen LogP contribution >= 0.6 is 0 Å². The maximum atomic E-state index is 12.4. The van der Waals surface area contributed by atoms with Crippen LogP contribution in [0.1, 0.15) is 25.8 Å². The van der Waals surface area contributed by atoms with Gasteiger partial charge in [-0.25, -0.2) is 13.1 Å². The molecule has 1 aliphatic heterocycles. The van der Waals surface area contributed by atoms with Crippen molar-refractivity contribution in [3.8, 4) is 5.75 Å². The number of nitrogens with one attached hydrogen (secondary N) is 1. The van der Waals surface area contributed by atoms with Crippen LogP contribution in [0.5, 0.6) is 5.75 Å². The van der Waals surface area contributed by atoms with Crippen LogP contribution in [0.2, 0.25) is 0 Å². The monoisotopic (exact) mass is 297 g/mol. The highest BCUT2D eigenvalue weighted by Gasteiger charge is 2.48. The van der Waals surface area contributed by atoms with Gasteiger partial charge in [0.1, 0.15) is 5.75 Å². The predicted molar refractivity (Wildman–Crippen MR) is 74.2 cm³/mol. The molecule has 110 valence electrons. The number of sulfonamides is 1. The molecular formula is C14H19NO4S. The van der Waals surface area contributed by atoms with E-state index in [-0.39, 0.29) is 10.9 Å². The molecule has 1 aromatic carbocycles. The van der Waals surface area contributed by atoms with Crippen LogP contribution in [-0.4, -0.2) is 32.3 Å². The molecule has 1 fully saturated rings. The second kappa shape index (κ2) is 4.44. The maximum absolute atomic E-state index is 12.4. The number of ether oxygens (including phenoxy) is 1. The minimum absolute atomic E-state index is 0.230. The Labute approximate surface area is 119 Å². The Kier molecular flexibility index (Phi) is 3.08. The lowest BCUT2D eigenvalue weighted by atomic mass is 9.65. The minimum atomic E-state index is -3.55. The van der Waals surface area contributed by atoms with Gasteiger partial charge in [0.25, 0.3) is 0 Å². The summed E-state index contributed by atoms with van der Waals surface area (Å²) in [5.41, 5.74) is 0.508. The molecule has 0 aromatic heterocycles. The number of aliphatic hydroxyl groups excluding tert-OH is 1. The number of rotatable bonds is 3. The van der Waals surface area contributed by atoms with Crippen molar-refractivity contribution in [1.29, 1.82) is 0 Å². The van der Waals surface area contributed by atoms with E-state index in [4.69, 9.17) is 4.74 Å². The van der Waals surface area contributed by atoms with Crippen molar-refractivity contribution in [2.45, 2.75) is 43.7 Å². The van der Waals surface area contributed by atoms with Gasteiger partial charge in [-0.05, 0) is 30.2 Å². The summed E-state index contributed by atoms with van der Waals surface area (Å²) in [6.07, 6.45) is 0.746. The average molecular weight is 297 g/mol. The van der Waals surface area contributed by atoms with Gasteiger partial charge in [-0.3, -0.25) is 0 Å². The number of benzene rings is 1. The van der Waals surface area contributed by atoms with Gasteiger partial charge in [-0.2, -0.15) is 0 Å². The molecular weight excluding hydrogens is 278 g/mol. The van der Waals surface area contributed by atoms with Crippen molar-refractivity contribution in [2.75, 3.05) is 6.61 Å². The average Bonchev–Trinajstić information content (AvgIpc) is 2.85. The molecule has 6 heteroatoms. The molecule has 1 saturated carbocycles. The first kappa shape index (κ1) is 13.9. The van der Waals surface area contributed by atoms with Crippen molar-refractivity contribution in [3.05, 3.63) is 23.8 Å². The highest BCUT2D eigenvalue weighted by atomic mass is 32.2. The minimum Gasteiger partial charge on any atom is -0.493 e. The molecule has 1 aliphatic carbocycles. The maximum Gasteiger partial charge on any atom is 0.240 e. The molecule has 0 spiro atoms. The zero-order valence-electron chi connectivity index (χ0n) is 11.6. The fraction of sp³-hybridized carbons (Fsp3) is 0.571. The Hall–Kier alpha value is -1.11. The molecule has 1 heterocycles. The van der Waals surface area contributed by atoms with E-state index >= 15 is 0 Å². The molecule has 2 unspecified atom stereocenters. The summed E-state index contributed by atoms with van der Waals surface area (Å²) in [6.45, 7) is 4.34. The Bertz CT molecular complexity index is 639. The summed E-state index contributed by atoms with van der Waals surface area (Å²) in [6, 6.07) is 4.71. The van der Waals surface area contributed by atoms with Gasteiger partial charge >= 0.3 is 0 Å². The lowest BCUT2D eigenvalue weighted by Crippen LogP contribution is -2.61. The van der Waals surface area contributed by atoms with E-state index in [0.717, 1.165) is 17.7 Å². The van der Waals surface area contributed by atoms with Crippen LogP contribution in [0.15, 0.2) is 23.1 Å². The third kappa shape index (κ3) is 2.12. The lowest BCUT2D eigenvalue weighted by Gasteiger charge is -2.49. The third-order valence-corrected chi connectivity index (χ3v) is 5.95. The number of aliphatic hydroxyl groups is 1. The smallest absolute Gasteiger partial charge is 0.240 e. The number of fused-ring (bicyclic) bond motifs is 1. The van der Waals surface area contributed by atoms with Gasteiger partial charge in [0, 0.05) is 17.9 Å². The number of hydrogen-bond donors (Lipinski definition) is 2. The van der Waals surface area contributed by atoms with Crippen molar-refractivity contribution in [1.82, 2.24) is 4.72 Å². The standard InChI is InChI=1S/C14H19NO4S/c1-14(2)12(8-13(14)16)15-20(17,18)10-3-4-11-9(7-10)5-6-19-11/h3-4,7,12-13,15-16H,5-6,8H2,1-2H3. The number of hydrogen-bond acceptors (Lipinski definition) is 4. The summed E-state index contributed by atoms with van der Waals surface area (Å²) in [4.78, 5) is 0.263. The van der Waals surface area contributed by atoms with E-state index in [0.29, 0.717) is 13.0 Å². The molecule has 20 heavy (non-hydrogen) atoms. The van der Waals surface area contributed by atoms with E-state index in [1.54, 1.807) is 18.2 Å². The molecule has 0 amide bonds. The highest BCUT2D eigenvalue weighted by Crippen LogP contribution is 2.41. The Balaban J connectivity index is 1.82. The lowest BCUT2D eigenvalue weighted by molar-refractivity contribution is -0.0645. The van der Waals surface area contributed by atoms with Gasteiger partial charge in [0.05, 0.1) is 17.6 Å². The van der Waals surface area contributed by atoms with Gasteiger partial charge in [0.2, 0.25) is 10.0 Å². The largest absolute Gasteiger partial charge is 0.493 e. The van der Waals surface area contributed by atoms with Gasteiger partial charge in [0.15, 0.2) is 0 Å². The van der Waals surface area contributed by atoms with Crippen LogP contribution in [0.25, 0.3) is 0 Å². The quantitative estimate of drug-likeness (QED) is 0.875. The molecule has 2 aliphatic rings. The summed E-state index contributed by atoms with van der Waals surface area (Å²) < 4.78 is 32.9. The molecule has 1 aromatic rings. The van der Waals surface area contributed by atoms with Crippen molar-refractivity contribution >= 4 is 10.0 Å². The van der Waals surface area contributed by atoms with Crippen LogP contribution in [-0.2, 0) is 16.4 Å². The molecule has 2 atom stereocenters. The van der Waals surface area contributed by atoms with Crippen LogP contribution in [0.3, 0.4) is 0 Å². The normalized spacial score (nSPS) is 27.6. The zero-order valence-corrected chi connectivity index (χ0v) is 12.4. The first-order valence-corrected chi connectivity index (χ1v) is 8.25. The Morgan fingerprint density at radius 3 is 2.80 bits per heavy atom. The molecule has 2 N–H and O–H groups in total.